The zero-order valence-corrected chi connectivity index (χ0v) is 9.20. The molecule has 0 aliphatic rings. The first kappa shape index (κ1) is 11.6. The third-order valence-electron chi connectivity index (χ3n) is 2.04. The molecular formula is C11H9N5O2. The molecule has 18 heavy (non-hydrogen) atoms. The zero-order chi connectivity index (χ0) is 12.8. The molecule has 0 atom stereocenters. The van der Waals surface area contributed by atoms with Gasteiger partial charge < -0.3 is 9.97 Å². The van der Waals surface area contributed by atoms with Crippen molar-refractivity contribution in [1.29, 1.82) is 0 Å². The summed E-state index contributed by atoms with van der Waals surface area (Å²) < 4.78 is 0. The van der Waals surface area contributed by atoms with Crippen LogP contribution in [0.5, 0.6) is 0 Å². The van der Waals surface area contributed by atoms with Crippen LogP contribution in [-0.4, -0.2) is 31.2 Å². The first-order valence-corrected chi connectivity index (χ1v) is 5.04. The molecule has 2 N–H and O–H groups in total. The van der Waals surface area contributed by atoms with Gasteiger partial charge in [-0.05, 0) is 12.1 Å². The van der Waals surface area contributed by atoms with E-state index in [0.717, 1.165) is 6.29 Å². The molecule has 0 aliphatic heterocycles. The second kappa shape index (κ2) is 5.48. The molecule has 0 aliphatic carbocycles. The van der Waals surface area contributed by atoms with Crippen LogP contribution < -0.4 is 5.56 Å². The van der Waals surface area contributed by atoms with Crippen LogP contribution in [0.3, 0.4) is 0 Å². The van der Waals surface area contributed by atoms with Gasteiger partial charge in [-0.25, -0.2) is 9.97 Å². The van der Waals surface area contributed by atoms with Crippen molar-refractivity contribution in [1.82, 2.24) is 24.9 Å². The fourth-order valence-electron chi connectivity index (χ4n) is 1.22. The molecule has 0 amide bonds. The van der Waals surface area contributed by atoms with Crippen LogP contribution in [0.25, 0.3) is 11.2 Å². The fourth-order valence-corrected chi connectivity index (χ4v) is 1.22. The van der Waals surface area contributed by atoms with Crippen LogP contribution in [0.2, 0.25) is 0 Å². The van der Waals surface area contributed by atoms with Gasteiger partial charge in [-0.2, -0.15) is 0 Å². The van der Waals surface area contributed by atoms with Crippen molar-refractivity contribution in [2.45, 2.75) is 0 Å². The van der Waals surface area contributed by atoms with Crippen LogP contribution in [0, 0.1) is 0 Å². The van der Waals surface area contributed by atoms with Crippen molar-refractivity contribution in [3.63, 3.8) is 0 Å². The van der Waals surface area contributed by atoms with Gasteiger partial charge in [0.2, 0.25) is 0 Å². The standard InChI is InChI=1S/C6H5NO.C5H4N4O/c8-5-6-3-1-2-4-7-6;10-5-3-4(7-1-6-3)8-2-9-5/h1-5H;1-2H,(H2,6,7,8,9,10). The van der Waals surface area contributed by atoms with Crippen molar-refractivity contribution < 1.29 is 4.79 Å². The number of aromatic nitrogens is 5. The quantitative estimate of drug-likeness (QED) is 0.607. The number of hydrogen-bond acceptors (Lipinski definition) is 5. The number of carbonyl (C=O) groups excluding carboxylic acids is 1. The maximum absolute atomic E-state index is 10.9. The molecule has 90 valence electrons. The van der Waals surface area contributed by atoms with Gasteiger partial charge in [0.05, 0.1) is 12.7 Å². The highest BCUT2D eigenvalue weighted by atomic mass is 16.1. The smallest absolute Gasteiger partial charge is 0.276 e. The van der Waals surface area contributed by atoms with Crippen LogP contribution in [0.15, 0.2) is 41.8 Å². The molecule has 3 heterocycles. The average Bonchev–Trinajstić information content (AvgIpc) is 2.90. The lowest BCUT2D eigenvalue weighted by atomic mass is 10.4. The Balaban J connectivity index is 0.000000138. The Morgan fingerprint density at radius 2 is 1.83 bits per heavy atom. The Morgan fingerprint density at radius 1 is 1.06 bits per heavy atom. The highest BCUT2D eigenvalue weighted by Gasteiger charge is 1.97. The Bertz CT molecular complexity index is 689. The summed E-state index contributed by atoms with van der Waals surface area (Å²) in [7, 11) is 0. The van der Waals surface area contributed by atoms with Crippen LogP contribution in [-0.2, 0) is 0 Å². The molecule has 0 spiro atoms. The third kappa shape index (κ3) is 2.64. The Hall–Kier alpha value is -2.83. The number of aromatic amines is 2. The number of nitrogens with zero attached hydrogens (tertiary/aromatic N) is 3. The Kier molecular flexibility index (Phi) is 3.55. The van der Waals surface area contributed by atoms with Crippen molar-refractivity contribution in [2.24, 2.45) is 0 Å². The van der Waals surface area contributed by atoms with Gasteiger partial charge in [0.15, 0.2) is 17.5 Å². The maximum atomic E-state index is 10.9. The predicted molar refractivity (Wildman–Crippen MR) is 64.1 cm³/mol. The third-order valence-corrected chi connectivity index (χ3v) is 2.04. The van der Waals surface area contributed by atoms with Gasteiger partial charge in [-0.3, -0.25) is 14.6 Å². The fraction of sp³-hybridized carbons (Fsp3) is 0. The number of fused-ring (bicyclic) bond motifs is 1. The van der Waals surface area contributed by atoms with Gasteiger partial charge in [-0.15, -0.1) is 0 Å². The Morgan fingerprint density at radius 3 is 2.39 bits per heavy atom. The zero-order valence-electron chi connectivity index (χ0n) is 9.20. The van der Waals surface area contributed by atoms with Crippen molar-refractivity contribution in [3.05, 3.63) is 53.1 Å². The SMILES string of the molecule is O=Cc1ccccn1.O=c1[nH]cnc2nc[nH]c12. The minimum absolute atomic E-state index is 0.192. The maximum Gasteiger partial charge on any atom is 0.276 e. The molecule has 0 unspecified atom stereocenters. The van der Waals surface area contributed by atoms with E-state index in [1.54, 1.807) is 24.4 Å². The summed E-state index contributed by atoms with van der Waals surface area (Å²) in [5, 5.41) is 0. The van der Waals surface area contributed by atoms with Gasteiger partial charge >= 0.3 is 0 Å². The monoisotopic (exact) mass is 243 g/mol. The van der Waals surface area contributed by atoms with Crippen molar-refractivity contribution in [2.75, 3.05) is 0 Å². The van der Waals surface area contributed by atoms with Crippen LogP contribution >= 0.6 is 0 Å². The first-order chi connectivity index (χ1) is 8.81. The van der Waals surface area contributed by atoms with Gasteiger partial charge in [0, 0.05) is 6.20 Å². The molecule has 0 aromatic carbocycles. The van der Waals surface area contributed by atoms with E-state index in [1.165, 1.54) is 12.7 Å². The lowest BCUT2D eigenvalue weighted by Crippen LogP contribution is -2.05. The normalized spacial score (nSPS) is 9.56. The molecule has 7 heteroatoms. The second-order valence-electron chi connectivity index (χ2n) is 3.21. The molecule has 0 saturated carbocycles. The van der Waals surface area contributed by atoms with Gasteiger partial charge in [-0.1, -0.05) is 6.07 Å². The first-order valence-electron chi connectivity index (χ1n) is 5.04. The minimum Gasteiger partial charge on any atom is -0.339 e. The number of aldehydes is 1. The summed E-state index contributed by atoms with van der Waals surface area (Å²) in [4.78, 5) is 37.2. The summed E-state index contributed by atoms with van der Waals surface area (Å²) in [6.07, 6.45) is 5.07. The number of pyridine rings is 1. The number of imidazole rings is 1. The predicted octanol–water partition coefficient (Wildman–Crippen LogP) is 0.540. The van der Waals surface area contributed by atoms with Crippen molar-refractivity contribution >= 4 is 17.5 Å². The summed E-state index contributed by atoms with van der Waals surface area (Å²) in [5.74, 6) is 0. The summed E-state index contributed by atoms with van der Waals surface area (Å²) in [6.45, 7) is 0. The number of rotatable bonds is 1. The summed E-state index contributed by atoms with van der Waals surface area (Å²) >= 11 is 0. The largest absolute Gasteiger partial charge is 0.339 e. The lowest BCUT2D eigenvalue weighted by Gasteiger charge is -1.81. The average molecular weight is 243 g/mol. The summed E-state index contributed by atoms with van der Waals surface area (Å²) in [5.41, 5.74) is 1.15. The number of carbonyl (C=O) groups is 1. The summed E-state index contributed by atoms with van der Waals surface area (Å²) in [6, 6.07) is 5.21. The van der Waals surface area contributed by atoms with Gasteiger partial charge in [0.25, 0.3) is 5.56 Å². The second-order valence-corrected chi connectivity index (χ2v) is 3.21. The van der Waals surface area contributed by atoms with E-state index < -0.39 is 0 Å². The van der Waals surface area contributed by atoms with E-state index in [2.05, 4.69) is 24.9 Å². The topological polar surface area (TPSA) is 104 Å². The molecule has 0 bridgehead atoms. The van der Waals surface area contributed by atoms with E-state index in [4.69, 9.17) is 0 Å². The van der Waals surface area contributed by atoms with E-state index in [1.807, 2.05) is 0 Å². The van der Waals surface area contributed by atoms with Gasteiger partial charge in [0.1, 0.15) is 5.69 Å². The van der Waals surface area contributed by atoms with Crippen LogP contribution in [0.4, 0.5) is 0 Å². The molecule has 7 nitrogen and oxygen atoms in total. The van der Waals surface area contributed by atoms with E-state index in [9.17, 15) is 9.59 Å². The van der Waals surface area contributed by atoms with Crippen LogP contribution in [0.1, 0.15) is 10.5 Å². The van der Waals surface area contributed by atoms with E-state index in [-0.39, 0.29) is 5.56 Å². The minimum atomic E-state index is -0.192. The van der Waals surface area contributed by atoms with E-state index >= 15 is 0 Å². The number of nitrogens with one attached hydrogen (secondary N) is 2. The number of hydrogen-bond donors (Lipinski definition) is 2. The molecule has 3 aromatic rings. The van der Waals surface area contributed by atoms with E-state index in [0.29, 0.717) is 16.9 Å². The molecule has 0 radical (unpaired) electrons. The molecule has 0 fully saturated rings. The molecule has 0 saturated heterocycles. The van der Waals surface area contributed by atoms with Crippen molar-refractivity contribution in [3.8, 4) is 0 Å². The number of H-pyrrole nitrogens is 2. The molecule has 3 rings (SSSR count). The Labute approximate surface area is 101 Å². The highest BCUT2D eigenvalue weighted by molar-refractivity contribution is 5.71. The lowest BCUT2D eigenvalue weighted by molar-refractivity contribution is 0.111. The molecular weight excluding hydrogens is 234 g/mol. The highest BCUT2D eigenvalue weighted by Crippen LogP contribution is 1.94. The molecule has 3 aromatic heterocycles.